The zero-order chi connectivity index (χ0) is 14.8. The average molecular weight is 319 g/mol. The molecule has 1 aromatic carbocycles. The van der Waals surface area contributed by atoms with Crippen molar-refractivity contribution in [3.8, 4) is 0 Å². The molecule has 0 fully saturated rings. The highest BCUT2D eigenvalue weighted by molar-refractivity contribution is 8.01. The molecule has 1 aliphatic heterocycles. The van der Waals surface area contributed by atoms with Crippen LogP contribution in [0.1, 0.15) is 24.9 Å². The highest BCUT2D eigenvalue weighted by Crippen LogP contribution is 2.47. The third-order valence-corrected chi connectivity index (χ3v) is 6.20. The summed E-state index contributed by atoms with van der Waals surface area (Å²) in [5.74, 6) is 0. The molecule has 3 rings (SSSR count). The molecule has 2 heterocycles. The fourth-order valence-electron chi connectivity index (χ4n) is 2.83. The summed E-state index contributed by atoms with van der Waals surface area (Å²) in [5.41, 5.74) is 2.86. The third kappa shape index (κ3) is 3.12. The molecule has 21 heavy (non-hydrogen) atoms. The van der Waals surface area contributed by atoms with E-state index in [1.807, 2.05) is 23.1 Å². The quantitative estimate of drug-likeness (QED) is 0.804. The number of para-hydroxylation sites is 1. The maximum absolute atomic E-state index is 2.57. The van der Waals surface area contributed by atoms with E-state index in [-0.39, 0.29) is 0 Å². The molecule has 1 aromatic heterocycles. The minimum absolute atomic E-state index is 0.449. The van der Waals surface area contributed by atoms with Gasteiger partial charge in [0.25, 0.3) is 0 Å². The number of hydrogen-bond acceptors (Lipinski definition) is 4. The van der Waals surface area contributed by atoms with Crippen molar-refractivity contribution in [2.45, 2.75) is 28.5 Å². The Morgan fingerprint density at radius 1 is 1.19 bits per heavy atom. The molecule has 0 spiro atoms. The minimum atomic E-state index is 0.449. The molecule has 112 valence electrons. The van der Waals surface area contributed by atoms with Gasteiger partial charge in [0.2, 0.25) is 0 Å². The summed E-state index contributed by atoms with van der Waals surface area (Å²) < 4.78 is 1.45. The van der Waals surface area contributed by atoms with Crippen LogP contribution in [0.25, 0.3) is 0 Å². The standard InChI is InChI=1S/C17H22N2S2/c1-13-14-9-12-20-17(14)21-16-8-5-4-7-15(16)19(13)11-6-10-18(2)3/h4-5,7-9,12-13H,6,10-11H2,1-3H3. The summed E-state index contributed by atoms with van der Waals surface area (Å²) in [6.45, 7) is 4.57. The topological polar surface area (TPSA) is 6.48 Å². The van der Waals surface area contributed by atoms with E-state index >= 15 is 0 Å². The zero-order valence-electron chi connectivity index (χ0n) is 12.9. The van der Waals surface area contributed by atoms with Crippen LogP contribution in [0.2, 0.25) is 0 Å². The van der Waals surface area contributed by atoms with Gasteiger partial charge < -0.3 is 9.80 Å². The van der Waals surface area contributed by atoms with E-state index in [1.165, 1.54) is 26.8 Å². The monoisotopic (exact) mass is 318 g/mol. The van der Waals surface area contributed by atoms with Crippen LogP contribution in [0.3, 0.4) is 0 Å². The second kappa shape index (κ2) is 6.42. The molecule has 4 heteroatoms. The van der Waals surface area contributed by atoms with E-state index < -0.39 is 0 Å². The van der Waals surface area contributed by atoms with Gasteiger partial charge in [-0.05, 0) is 63.1 Å². The summed E-state index contributed by atoms with van der Waals surface area (Å²) in [6, 6.07) is 11.6. The van der Waals surface area contributed by atoms with E-state index in [1.54, 1.807) is 0 Å². The van der Waals surface area contributed by atoms with Crippen molar-refractivity contribution in [2.75, 3.05) is 32.1 Å². The van der Waals surface area contributed by atoms with Crippen molar-refractivity contribution >= 4 is 28.8 Å². The van der Waals surface area contributed by atoms with E-state index in [0.717, 1.165) is 13.1 Å². The molecule has 0 saturated heterocycles. The lowest BCUT2D eigenvalue weighted by Crippen LogP contribution is -2.29. The molecule has 0 radical (unpaired) electrons. The second-order valence-corrected chi connectivity index (χ2v) is 7.99. The van der Waals surface area contributed by atoms with Gasteiger partial charge in [-0.15, -0.1) is 11.3 Å². The Morgan fingerprint density at radius 2 is 2.00 bits per heavy atom. The predicted octanol–water partition coefficient (Wildman–Crippen LogP) is 4.73. The van der Waals surface area contributed by atoms with Crippen LogP contribution in [-0.4, -0.2) is 32.1 Å². The normalized spacial score (nSPS) is 17.5. The number of benzene rings is 1. The fourth-order valence-corrected chi connectivity index (χ4v) is 5.16. The lowest BCUT2D eigenvalue weighted by molar-refractivity contribution is 0.397. The summed E-state index contributed by atoms with van der Waals surface area (Å²) in [7, 11) is 4.29. The summed E-state index contributed by atoms with van der Waals surface area (Å²) >= 11 is 3.79. The summed E-state index contributed by atoms with van der Waals surface area (Å²) in [5, 5.41) is 2.22. The Morgan fingerprint density at radius 3 is 2.81 bits per heavy atom. The van der Waals surface area contributed by atoms with E-state index in [9.17, 15) is 0 Å². The molecule has 0 amide bonds. The highest BCUT2D eigenvalue weighted by atomic mass is 32.2. The first-order chi connectivity index (χ1) is 10.2. The van der Waals surface area contributed by atoms with E-state index in [2.05, 4.69) is 66.5 Å². The van der Waals surface area contributed by atoms with Crippen LogP contribution in [0.15, 0.2) is 44.8 Å². The van der Waals surface area contributed by atoms with Crippen molar-refractivity contribution in [3.05, 3.63) is 41.3 Å². The van der Waals surface area contributed by atoms with Crippen molar-refractivity contribution in [1.82, 2.24) is 4.90 Å². The summed E-state index contributed by atoms with van der Waals surface area (Å²) in [6.07, 6.45) is 1.19. The first-order valence-electron chi connectivity index (χ1n) is 7.42. The first kappa shape index (κ1) is 14.9. The fraction of sp³-hybridized carbons (Fsp3) is 0.412. The smallest absolute Gasteiger partial charge is 0.0699 e. The first-order valence-corrected chi connectivity index (χ1v) is 9.12. The number of thiophene rings is 1. The number of hydrogen-bond donors (Lipinski definition) is 0. The molecule has 1 unspecified atom stereocenters. The van der Waals surface area contributed by atoms with Crippen LogP contribution in [0, 0.1) is 0 Å². The minimum Gasteiger partial charge on any atom is -0.364 e. The molecule has 0 bridgehead atoms. The van der Waals surface area contributed by atoms with Crippen LogP contribution in [0.5, 0.6) is 0 Å². The Kier molecular flexibility index (Phi) is 4.57. The van der Waals surface area contributed by atoms with Crippen molar-refractivity contribution in [2.24, 2.45) is 0 Å². The molecule has 2 nitrogen and oxygen atoms in total. The van der Waals surface area contributed by atoms with Crippen molar-refractivity contribution < 1.29 is 0 Å². The van der Waals surface area contributed by atoms with Gasteiger partial charge in [-0.3, -0.25) is 0 Å². The van der Waals surface area contributed by atoms with Crippen LogP contribution >= 0.6 is 23.1 Å². The number of anilines is 1. The van der Waals surface area contributed by atoms with Crippen LogP contribution in [0.4, 0.5) is 5.69 Å². The molecule has 1 atom stereocenters. The summed E-state index contributed by atoms with van der Waals surface area (Å²) in [4.78, 5) is 6.22. The van der Waals surface area contributed by atoms with Gasteiger partial charge in [-0.1, -0.05) is 23.9 Å². The molecular formula is C17H22N2S2. The lowest BCUT2D eigenvalue weighted by atomic mass is 10.1. The van der Waals surface area contributed by atoms with Gasteiger partial charge in [0, 0.05) is 11.4 Å². The van der Waals surface area contributed by atoms with Gasteiger partial charge in [0.05, 0.1) is 15.9 Å². The number of nitrogens with zero attached hydrogens (tertiary/aromatic N) is 2. The Labute approximate surface area is 135 Å². The number of rotatable bonds is 4. The zero-order valence-corrected chi connectivity index (χ0v) is 14.5. The molecule has 0 saturated carbocycles. The maximum atomic E-state index is 2.57. The Bertz CT molecular complexity index is 606. The van der Waals surface area contributed by atoms with Crippen LogP contribution < -0.4 is 4.90 Å². The van der Waals surface area contributed by atoms with Gasteiger partial charge in [0.1, 0.15) is 0 Å². The largest absolute Gasteiger partial charge is 0.364 e. The highest BCUT2D eigenvalue weighted by Gasteiger charge is 2.26. The molecule has 0 N–H and O–H groups in total. The van der Waals surface area contributed by atoms with Gasteiger partial charge in [-0.2, -0.15) is 0 Å². The third-order valence-electron chi connectivity index (χ3n) is 3.96. The predicted molar refractivity (Wildman–Crippen MR) is 93.8 cm³/mol. The number of fused-ring (bicyclic) bond motifs is 2. The van der Waals surface area contributed by atoms with Crippen molar-refractivity contribution in [1.29, 1.82) is 0 Å². The molecule has 2 aromatic rings. The van der Waals surface area contributed by atoms with Gasteiger partial charge in [0.15, 0.2) is 0 Å². The molecule has 1 aliphatic rings. The second-order valence-electron chi connectivity index (χ2n) is 5.76. The van der Waals surface area contributed by atoms with E-state index in [4.69, 9.17) is 0 Å². The van der Waals surface area contributed by atoms with Crippen molar-refractivity contribution in [3.63, 3.8) is 0 Å². The average Bonchev–Trinajstić information content (AvgIpc) is 2.88. The SMILES string of the molecule is CC1c2ccsc2Sc2ccccc2N1CCCN(C)C. The van der Waals surface area contributed by atoms with Gasteiger partial charge in [-0.25, -0.2) is 0 Å². The Balaban J connectivity index is 1.92. The van der Waals surface area contributed by atoms with Crippen LogP contribution in [-0.2, 0) is 0 Å². The maximum Gasteiger partial charge on any atom is 0.0699 e. The Hall–Kier alpha value is -0.970. The van der Waals surface area contributed by atoms with E-state index in [0.29, 0.717) is 6.04 Å². The van der Waals surface area contributed by atoms with Gasteiger partial charge >= 0.3 is 0 Å². The molecular weight excluding hydrogens is 296 g/mol. The molecule has 0 aliphatic carbocycles. The lowest BCUT2D eigenvalue weighted by Gasteiger charge is -2.31.